The van der Waals surface area contributed by atoms with Gasteiger partial charge in [-0.2, -0.15) is 0 Å². The Hall–Kier alpha value is -1.78. The van der Waals surface area contributed by atoms with Crippen LogP contribution in [0.15, 0.2) is 12.3 Å². The highest BCUT2D eigenvalue weighted by Gasteiger charge is 2.59. The average Bonchev–Trinajstić information content (AvgIpc) is 2.87. The molecule has 1 aromatic rings. The minimum atomic E-state index is -1.01. The molecule has 3 atom stereocenters. The van der Waals surface area contributed by atoms with Gasteiger partial charge in [-0.15, -0.1) is 0 Å². The molecule has 4 N–H and O–H groups in total. The normalized spacial score (nSPS) is 33.1. The monoisotopic (exact) mass is 289 g/mol. The number of hydrogen-bond donors (Lipinski definition) is 3. The molecular weight excluding hydrogens is 266 g/mol. The minimum absolute atomic E-state index is 0.122. The lowest BCUT2D eigenvalue weighted by Gasteiger charge is -2.43. The van der Waals surface area contributed by atoms with Crippen molar-refractivity contribution < 1.29 is 9.90 Å². The van der Waals surface area contributed by atoms with E-state index in [-0.39, 0.29) is 16.4 Å². The molecule has 2 aliphatic carbocycles. The first-order chi connectivity index (χ1) is 9.74. The summed E-state index contributed by atoms with van der Waals surface area (Å²) in [5, 5.41) is 12.5. The van der Waals surface area contributed by atoms with Crippen LogP contribution in [-0.4, -0.2) is 22.1 Å². The Bertz CT molecular complexity index is 594. The van der Waals surface area contributed by atoms with Crippen molar-refractivity contribution in [2.75, 3.05) is 11.1 Å². The first-order valence-electron chi connectivity index (χ1n) is 7.49. The zero-order valence-corrected chi connectivity index (χ0v) is 12.8. The molecule has 0 spiro atoms. The number of nitrogens with two attached hydrogens (primary N) is 1. The van der Waals surface area contributed by atoms with Gasteiger partial charge in [-0.3, -0.25) is 0 Å². The number of anilines is 2. The van der Waals surface area contributed by atoms with Crippen molar-refractivity contribution in [3.8, 4) is 0 Å². The van der Waals surface area contributed by atoms with E-state index in [1.807, 2.05) is 0 Å². The van der Waals surface area contributed by atoms with Crippen molar-refractivity contribution in [3.05, 3.63) is 17.8 Å². The van der Waals surface area contributed by atoms with Crippen LogP contribution in [0, 0.1) is 16.7 Å². The molecule has 3 rings (SSSR count). The maximum absolute atomic E-state index is 11.0. The predicted molar refractivity (Wildman–Crippen MR) is 82.2 cm³/mol. The van der Waals surface area contributed by atoms with E-state index in [4.69, 9.17) is 10.8 Å². The number of carboxylic acids is 1. The van der Waals surface area contributed by atoms with Crippen molar-refractivity contribution in [3.63, 3.8) is 0 Å². The Labute approximate surface area is 124 Å². The summed E-state index contributed by atoms with van der Waals surface area (Å²) < 4.78 is 0. The van der Waals surface area contributed by atoms with E-state index in [9.17, 15) is 4.79 Å². The van der Waals surface area contributed by atoms with Crippen molar-refractivity contribution in [2.24, 2.45) is 16.7 Å². The smallest absolute Gasteiger partial charge is 0.337 e. The van der Waals surface area contributed by atoms with Gasteiger partial charge in [0.05, 0.1) is 11.3 Å². The fraction of sp³-hybridized carbons (Fsp3) is 0.625. The second-order valence-corrected chi connectivity index (χ2v) is 7.46. The predicted octanol–water partition coefficient (Wildman–Crippen LogP) is 2.99. The second kappa shape index (κ2) is 4.36. The van der Waals surface area contributed by atoms with Crippen molar-refractivity contribution in [2.45, 2.75) is 46.1 Å². The van der Waals surface area contributed by atoms with Gasteiger partial charge in [0.2, 0.25) is 0 Å². The van der Waals surface area contributed by atoms with Crippen molar-refractivity contribution >= 4 is 17.5 Å². The molecule has 21 heavy (non-hydrogen) atoms. The number of rotatable bonds is 3. The van der Waals surface area contributed by atoms with Crippen LogP contribution >= 0.6 is 0 Å². The maximum atomic E-state index is 11.0. The summed E-state index contributed by atoms with van der Waals surface area (Å²) in [5.41, 5.74) is 6.97. The molecule has 1 aromatic heterocycles. The Morgan fingerprint density at radius 1 is 1.48 bits per heavy atom. The molecule has 114 valence electrons. The number of fused-ring (bicyclic) bond motifs is 2. The number of nitrogens with one attached hydrogen (secondary N) is 1. The van der Waals surface area contributed by atoms with Crippen LogP contribution in [0.5, 0.6) is 0 Å². The maximum Gasteiger partial charge on any atom is 0.337 e. The number of carboxylic acid groups (broad SMARTS) is 1. The summed E-state index contributed by atoms with van der Waals surface area (Å²) in [4.78, 5) is 15.2. The summed E-state index contributed by atoms with van der Waals surface area (Å²) in [7, 11) is 0. The van der Waals surface area contributed by atoms with Gasteiger partial charge in [0, 0.05) is 12.2 Å². The number of nitrogen functional groups attached to an aromatic ring is 1. The molecule has 0 aromatic carbocycles. The van der Waals surface area contributed by atoms with Gasteiger partial charge in [0.1, 0.15) is 5.82 Å². The van der Waals surface area contributed by atoms with E-state index in [2.05, 4.69) is 31.1 Å². The molecule has 1 heterocycles. The van der Waals surface area contributed by atoms with Crippen LogP contribution in [0.2, 0.25) is 0 Å². The molecular formula is C16H23N3O2. The molecule has 5 nitrogen and oxygen atoms in total. The fourth-order valence-corrected chi connectivity index (χ4v) is 4.52. The highest BCUT2D eigenvalue weighted by atomic mass is 16.4. The Balaban J connectivity index is 1.88. The largest absolute Gasteiger partial charge is 0.478 e. The topological polar surface area (TPSA) is 88.2 Å². The highest BCUT2D eigenvalue weighted by Crippen LogP contribution is 2.63. The van der Waals surface area contributed by atoms with Crippen LogP contribution in [0.25, 0.3) is 0 Å². The average molecular weight is 289 g/mol. The third kappa shape index (κ3) is 2.06. The van der Waals surface area contributed by atoms with E-state index >= 15 is 0 Å². The molecule has 2 saturated carbocycles. The van der Waals surface area contributed by atoms with Gasteiger partial charge in [-0.25, -0.2) is 9.78 Å². The van der Waals surface area contributed by atoms with Gasteiger partial charge >= 0.3 is 5.97 Å². The molecule has 0 aliphatic heterocycles. The first-order valence-corrected chi connectivity index (χ1v) is 7.49. The Kier molecular flexibility index (Phi) is 2.94. The lowest BCUT2D eigenvalue weighted by atomic mass is 9.68. The molecule has 2 aliphatic rings. The van der Waals surface area contributed by atoms with Gasteiger partial charge in [0.15, 0.2) is 0 Å². The van der Waals surface area contributed by atoms with E-state index < -0.39 is 5.97 Å². The molecule has 0 saturated heterocycles. The van der Waals surface area contributed by atoms with Crippen molar-refractivity contribution in [1.29, 1.82) is 0 Å². The summed E-state index contributed by atoms with van der Waals surface area (Å²) >= 11 is 0. The lowest BCUT2D eigenvalue weighted by molar-refractivity contribution is 0.0696. The molecule has 0 amide bonds. The molecule has 2 bridgehead atoms. The van der Waals surface area contributed by atoms with Crippen molar-refractivity contribution in [1.82, 2.24) is 4.98 Å². The third-order valence-corrected chi connectivity index (χ3v) is 5.71. The Morgan fingerprint density at radius 2 is 2.19 bits per heavy atom. The van der Waals surface area contributed by atoms with E-state index in [1.54, 1.807) is 0 Å². The van der Waals surface area contributed by atoms with Gasteiger partial charge < -0.3 is 16.2 Å². The van der Waals surface area contributed by atoms with E-state index in [1.165, 1.54) is 31.5 Å². The molecule has 3 unspecified atom stereocenters. The van der Waals surface area contributed by atoms with Gasteiger partial charge in [0.25, 0.3) is 0 Å². The zero-order chi connectivity index (χ0) is 15.4. The SMILES string of the molecule is CC12CCC(C1)C(C)(C)C2Nc1ncc(C(=O)O)cc1N. The van der Waals surface area contributed by atoms with Crippen LogP contribution in [0.3, 0.4) is 0 Å². The van der Waals surface area contributed by atoms with Crippen LogP contribution < -0.4 is 11.1 Å². The van der Waals surface area contributed by atoms with Gasteiger partial charge in [-0.1, -0.05) is 20.8 Å². The summed E-state index contributed by atoms with van der Waals surface area (Å²) in [6, 6.07) is 1.79. The number of aromatic carboxylic acids is 1. The zero-order valence-electron chi connectivity index (χ0n) is 12.8. The molecule has 5 heteroatoms. The third-order valence-electron chi connectivity index (χ3n) is 5.71. The minimum Gasteiger partial charge on any atom is -0.478 e. The van der Waals surface area contributed by atoms with E-state index in [0.29, 0.717) is 17.5 Å². The number of hydrogen-bond acceptors (Lipinski definition) is 4. The van der Waals surface area contributed by atoms with Crippen LogP contribution in [0.1, 0.15) is 50.4 Å². The second-order valence-electron chi connectivity index (χ2n) is 7.46. The van der Waals surface area contributed by atoms with E-state index in [0.717, 1.165) is 5.92 Å². The molecule has 0 radical (unpaired) electrons. The van der Waals surface area contributed by atoms with Gasteiger partial charge in [-0.05, 0) is 42.1 Å². The summed E-state index contributed by atoms with van der Waals surface area (Å²) in [6.45, 7) is 6.95. The Morgan fingerprint density at radius 3 is 2.71 bits per heavy atom. The molecule has 2 fully saturated rings. The number of aromatic nitrogens is 1. The number of carbonyl (C=O) groups is 1. The first kappa shape index (κ1) is 14.2. The summed E-state index contributed by atoms with van der Waals surface area (Å²) in [6.07, 6.45) is 5.13. The lowest BCUT2D eigenvalue weighted by Crippen LogP contribution is -2.46. The highest BCUT2D eigenvalue weighted by molar-refractivity contribution is 5.89. The standard InChI is InChI=1S/C16H23N3O2/c1-15(2)10-4-5-16(3,7-10)14(15)19-12-11(17)6-9(8-18-12)13(20)21/h6,8,10,14H,4-5,7,17H2,1-3H3,(H,18,19)(H,20,21). The van der Waals surface area contributed by atoms with Crippen LogP contribution in [0.4, 0.5) is 11.5 Å². The number of nitrogens with zero attached hydrogens (tertiary/aromatic N) is 1. The number of pyridine rings is 1. The van der Waals surface area contributed by atoms with Crippen LogP contribution in [-0.2, 0) is 0 Å². The summed E-state index contributed by atoms with van der Waals surface area (Å²) in [5.74, 6) is 0.333. The fourth-order valence-electron chi connectivity index (χ4n) is 4.52. The quantitative estimate of drug-likeness (QED) is 0.796.